The first-order valence-electron chi connectivity index (χ1n) is 10.5. The third kappa shape index (κ3) is 7.46. The fourth-order valence-corrected chi connectivity index (χ4v) is 2.67. The van der Waals surface area contributed by atoms with Crippen molar-refractivity contribution in [3.63, 3.8) is 0 Å². The summed E-state index contributed by atoms with van der Waals surface area (Å²) in [6.45, 7) is 0.189. The van der Waals surface area contributed by atoms with Gasteiger partial charge in [-0.2, -0.15) is 0 Å². The molecule has 0 aliphatic rings. The predicted octanol–water partition coefficient (Wildman–Crippen LogP) is 3.04. The highest BCUT2D eigenvalue weighted by Crippen LogP contribution is 2.31. The van der Waals surface area contributed by atoms with E-state index in [0.717, 1.165) is 6.08 Å². The minimum atomic E-state index is -1.46. The molecule has 0 atom stereocenters. The number of hydrogen-bond acceptors (Lipinski definition) is 9. The Hall–Kier alpha value is -4.08. The number of rotatable bonds is 11. The van der Waals surface area contributed by atoms with E-state index < -0.39 is 30.4 Å². The Labute approximate surface area is 202 Å². The number of methoxy groups -OCH3 is 2. The number of hydrogen-bond donors (Lipinski definition) is 4. The summed E-state index contributed by atoms with van der Waals surface area (Å²) in [5.41, 5.74) is -0.259. The summed E-state index contributed by atoms with van der Waals surface area (Å²) in [5, 5.41) is 38.3. The van der Waals surface area contributed by atoms with Crippen molar-refractivity contribution in [2.75, 3.05) is 27.4 Å². The molecule has 2 aromatic carbocycles. The van der Waals surface area contributed by atoms with E-state index in [0.29, 0.717) is 11.1 Å². The molecule has 0 aliphatic carbocycles. The fourth-order valence-electron chi connectivity index (χ4n) is 2.67. The number of aliphatic hydroxyl groups excluding tert-OH is 3. The Bertz CT molecular complexity index is 1140. The summed E-state index contributed by atoms with van der Waals surface area (Å²) in [4.78, 5) is 24.3. The lowest BCUT2D eigenvalue weighted by atomic mass is 9.93. The van der Waals surface area contributed by atoms with Crippen molar-refractivity contribution < 1.29 is 44.2 Å². The van der Waals surface area contributed by atoms with E-state index >= 15 is 0 Å². The van der Waals surface area contributed by atoms with Crippen LogP contribution in [-0.2, 0) is 9.59 Å². The topological polar surface area (TPSA) is 143 Å². The largest absolute Gasteiger partial charge is 0.508 e. The maximum atomic E-state index is 12.3. The lowest BCUT2D eigenvalue weighted by molar-refractivity contribution is -0.150. The Morgan fingerprint density at radius 2 is 1.46 bits per heavy atom. The number of ether oxygens (including phenoxy) is 3. The standard InChI is InChI=1S/C26H28O9/c1-26(15-27,16-28)25(32)35-22-11-7-18(13-24(22)34-3)5-9-20(30)14-19(29)8-4-17-6-10-21(31)23(12-17)33-2/h4-14,27-28,30-31H,15-16H2,1-3H3/b8-4+,9-5+,20-14?. The van der Waals surface area contributed by atoms with Crippen LogP contribution in [0.1, 0.15) is 18.1 Å². The molecule has 2 rings (SSSR count). The molecule has 0 fully saturated rings. The van der Waals surface area contributed by atoms with Crippen LogP contribution in [0.5, 0.6) is 23.0 Å². The molecule has 0 saturated heterocycles. The summed E-state index contributed by atoms with van der Waals surface area (Å²) >= 11 is 0. The molecule has 9 heteroatoms. The van der Waals surface area contributed by atoms with Crippen LogP contribution in [-0.4, -0.2) is 59.6 Å². The summed E-state index contributed by atoms with van der Waals surface area (Å²) in [7, 11) is 2.80. The molecule has 0 heterocycles. The van der Waals surface area contributed by atoms with Crippen LogP contribution in [0.25, 0.3) is 12.2 Å². The zero-order chi connectivity index (χ0) is 26.0. The van der Waals surface area contributed by atoms with E-state index in [1.807, 2.05) is 0 Å². The highest BCUT2D eigenvalue weighted by molar-refractivity contribution is 6.02. The molecule has 2 aromatic rings. The molecule has 186 valence electrons. The van der Waals surface area contributed by atoms with Crippen molar-refractivity contribution in [1.82, 2.24) is 0 Å². The smallest absolute Gasteiger partial charge is 0.322 e. The number of carbonyl (C=O) groups excluding carboxylic acids is 2. The number of phenolic OH excluding ortho intramolecular Hbond substituents is 1. The van der Waals surface area contributed by atoms with Gasteiger partial charge in [-0.15, -0.1) is 0 Å². The van der Waals surface area contributed by atoms with Crippen molar-refractivity contribution in [3.05, 3.63) is 71.5 Å². The van der Waals surface area contributed by atoms with Crippen LogP contribution in [0.4, 0.5) is 0 Å². The molecule has 0 aromatic heterocycles. The average molecular weight is 485 g/mol. The maximum absolute atomic E-state index is 12.3. The Balaban J connectivity index is 2.09. The zero-order valence-electron chi connectivity index (χ0n) is 19.6. The average Bonchev–Trinajstić information content (AvgIpc) is 2.86. The number of ketones is 1. The third-order valence-corrected chi connectivity index (χ3v) is 4.96. The van der Waals surface area contributed by atoms with E-state index in [2.05, 4.69) is 0 Å². The first kappa shape index (κ1) is 27.2. The Kier molecular flexibility index (Phi) is 9.63. The second kappa shape index (κ2) is 12.4. The van der Waals surface area contributed by atoms with Crippen LogP contribution in [0, 0.1) is 5.41 Å². The molecule has 9 nitrogen and oxygen atoms in total. The number of allylic oxidation sites excluding steroid dienone is 3. The monoisotopic (exact) mass is 484 g/mol. The summed E-state index contributed by atoms with van der Waals surface area (Å²) < 4.78 is 15.5. The Morgan fingerprint density at radius 3 is 2.06 bits per heavy atom. The van der Waals surface area contributed by atoms with Gasteiger partial charge in [0.2, 0.25) is 0 Å². The molecule has 35 heavy (non-hydrogen) atoms. The second-order valence-electron chi connectivity index (χ2n) is 7.75. The van der Waals surface area contributed by atoms with Crippen LogP contribution in [0.15, 0.2) is 60.4 Å². The van der Waals surface area contributed by atoms with Crippen LogP contribution in [0.2, 0.25) is 0 Å². The van der Waals surface area contributed by atoms with Gasteiger partial charge in [0.15, 0.2) is 28.8 Å². The van der Waals surface area contributed by atoms with Gasteiger partial charge in [-0.05, 0) is 54.5 Å². The van der Waals surface area contributed by atoms with Gasteiger partial charge in [0.05, 0.1) is 27.4 Å². The molecular weight excluding hydrogens is 456 g/mol. The maximum Gasteiger partial charge on any atom is 0.322 e. The molecule has 4 N–H and O–H groups in total. The normalized spacial score (nSPS) is 12.2. The van der Waals surface area contributed by atoms with Crippen LogP contribution >= 0.6 is 0 Å². The van der Waals surface area contributed by atoms with E-state index in [1.165, 1.54) is 57.6 Å². The minimum absolute atomic E-state index is 0.0183. The Morgan fingerprint density at radius 1 is 0.886 bits per heavy atom. The van der Waals surface area contributed by atoms with Gasteiger partial charge in [0.25, 0.3) is 0 Å². The number of phenols is 1. The number of esters is 1. The highest BCUT2D eigenvalue weighted by Gasteiger charge is 2.34. The molecule has 0 radical (unpaired) electrons. The number of aromatic hydroxyl groups is 1. The zero-order valence-corrected chi connectivity index (χ0v) is 19.6. The van der Waals surface area contributed by atoms with Gasteiger partial charge >= 0.3 is 5.97 Å². The molecule has 0 saturated carbocycles. The third-order valence-electron chi connectivity index (χ3n) is 4.96. The summed E-state index contributed by atoms with van der Waals surface area (Å²) in [6, 6.07) is 9.20. The fraction of sp³-hybridized carbons (Fsp3) is 0.231. The van der Waals surface area contributed by atoms with E-state index in [1.54, 1.807) is 24.3 Å². The van der Waals surface area contributed by atoms with Crippen molar-refractivity contribution in [3.8, 4) is 23.0 Å². The lowest BCUT2D eigenvalue weighted by Crippen LogP contribution is -2.38. The van der Waals surface area contributed by atoms with Gasteiger partial charge in [-0.3, -0.25) is 9.59 Å². The summed E-state index contributed by atoms with van der Waals surface area (Å²) in [5.74, 6) is -1.02. The van der Waals surface area contributed by atoms with E-state index in [-0.39, 0.29) is 28.8 Å². The van der Waals surface area contributed by atoms with Crippen LogP contribution in [0.3, 0.4) is 0 Å². The molecule has 0 unspecified atom stereocenters. The predicted molar refractivity (Wildman–Crippen MR) is 129 cm³/mol. The van der Waals surface area contributed by atoms with Crippen molar-refractivity contribution in [2.24, 2.45) is 5.41 Å². The van der Waals surface area contributed by atoms with Gasteiger partial charge in [-0.25, -0.2) is 0 Å². The van der Waals surface area contributed by atoms with Crippen molar-refractivity contribution in [1.29, 1.82) is 0 Å². The summed E-state index contributed by atoms with van der Waals surface area (Å²) in [6.07, 6.45) is 6.64. The molecular formula is C26H28O9. The molecule has 0 spiro atoms. The number of benzene rings is 2. The van der Waals surface area contributed by atoms with Gasteiger partial charge < -0.3 is 34.6 Å². The number of aliphatic hydroxyl groups is 3. The van der Waals surface area contributed by atoms with Crippen LogP contribution < -0.4 is 14.2 Å². The lowest BCUT2D eigenvalue weighted by Gasteiger charge is -2.22. The first-order chi connectivity index (χ1) is 16.6. The van der Waals surface area contributed by atoms with E-state index in [9.17, 15) is 30.0 Å². The van der Waals surface area contributed by atoms with Gasteiger partial charge in [-0.1, -0.05) is 24.3 Å². The van der Waals surface area contributed by atoms with Gasteiger partial charge in [0.1, 0.15) is 11.2 Å². The molecule has 0 amide bonds. The van der Waals surface area contributed by atoms with E-state index in [4.69, 9.17) is 14.2 Å². The quantitative estimate of drug-likeness (QED) is 0.124. The van der Waals surface area contributed by atoms with Crippen molar-refractivity contribution >= 4 is 23.9 Å². The van der Waals surface area contributed by atoms with Crippen molar-refractivity contribution in [2.45, 2.75) is 6.92 Å². The molecule has 0 bridgehead atoms. The second-order valence-corrected chi connectivity index (χ2v) is 7.75. The SMILES string of the molecule is COc1cc(/C=C/C(=O)C=C(O)/C=C/c2ccc(OC(=O)C(C)(CO)CO)c(OC)c2)ccc1O. The first-order valence-corrected chi connectivity index (χ1v) is 10.5. The number of carbonyl (C=O) groups is 2. The highest BCUT2D eigenvalue weighted by atomic mass is 16.6. The molecule has 0 aliphatic heterocycles. The van der Waals surface area contributed by atoms with Gasteiger partial charge in [0, 0.05) is 6.08 Å². The minimum Gasteiger partial charge on any atom is -0.508 e.